The molecule has 1 aromatic heterocycles. The molecule has 0 aliphatic heterocycles. The molecule has 2 aromatic rings. The van der Waals surface area contributed by atoms with Crippen molar-refractivity contribution >= 4 is 0 Å². The average Bonchev–Trinajstić information content (AvgIpc) is 2.38. The Morgan fingerprint density at radius 2 is 1.94 bits per heavy atom. The van der Waals surface area contributed by atoms with Crippen molar-refractivity contribution in [3.8, 4) is 23.1 Å². The maximum Gasteiger partial charge on any atom is 0.143 e. The van der Waals surface area contributed by atoms with Gasteiger partial charge in [0.15, 0.2) is 0 Å². The van der Waals surface area contributed by atoms with E-state index in [0.29, 0.717) is 5.82 Å². The number of benzene rings is 1. The lowest BCUT2D eigenvalue weighted by Crippen LogP contribution is -1.98. The van der Waals surface area contributed by atoms with Crippen LogP contribution in [0.3, 0.4) is 0 Å². The molecule has 0 saturated heterocycles. The molecular weight excluding hydrogens is 226 g/mol. The quantitative estimate of drug-likeness (QED) is 0.825. The Bertz CT molecular complexity index is 585. The summed E-state index contributed by atoms with van der Waals surface area (Å²) in [5, 5.41) is 8.69. The van der Waals surface area contributed by atoms with Gasteiger partial charge in [0.1, 0.15) is 11.6 Å². The highest BCUT2D eigenvalue weighted by molar-refractivity contribution is 5.60. The molecule has 0 fully saturated rings. The highest BCUT2D eigenvalue weighted by Gasteiger charge is 2.04. The minimum Gasteiger partial charge on any atom is -0.497 e. The van der Waals surface area contributed by atoms with Gasteiger partial charge in [0, 0.05) is 11.3 Å². The van der Waals surface area contributed by atoms with E-state index >= 15 is 0 Å². The zero-order valence-corrected chi connectivity index (χ0v) is 10.3. The molecule has 0 aliphatic rings. The van der Waals surface area contributed by atoms with E-state index in [1.807, 2.05) is 37.3 Å². The second-order valence-corrected chi connectivity index (χ2v) is 3.87. The first-order chi connectivity index (χ1) is 8.72. The van der Waals surface area contributed by atoms with Crippen LogP contribution < -0.4 is 4.74 Å². The first-order valence-corrected chi connectivity index (χ1v) is 5.59. The van der Waals surface area contributed by atoms with Gasteiger partial charge >= 0.3 is 0 Å². The molecule has 0 N–H and O–H groups in total. The molecule has 4 heteroatoms. The number of aromatic nitrogens is 2. The number of nitriles is 1. The van der Waals surface area contributed by atoms with Crippen LogP contribution in [0.1, 0.15) is 11.5 Å². The molecule has 90 valence electrons. The van der Waals surface area contributed by atoms with Crippen molar-refractivity contribution in [2.24, 2.45) is 0 Å². The molecule has 1 aromatic carbocycles. The molecule has 0 bridgehead atoms. The summed E-state index contributed by atoms with van der Waals surface area (Å²) >= 11 is 0. The fourth-order valence-electron chi connectivity index (χ4n) is 1.69. The van der Waals surface area contributed by atoms with Gasteiger partial charge in [0.25, 0.3) is 0 Å². The molecule has 0 saturated carbocycles. The Morgan fingerprint density at radius 3 is 2.56 bits per heavy atom. The van der Waals surface area contributed by atoms with Crippen LogP contribution in [0.25, 0.3) is 11.3 Å². The SMILES string of the molecule is COc1ccc(-c2cc(C)nc(CC#N)n2)cc1. The fraction of sp³-hybridized carbons (Fsp3) is 0.214. The Labute approximate surface area is 106 Å². The summed E-state index contributed by atoms with van der Waals surface area (Å²) in [5.74, 6) is 1.37. The normalized spacial score (nSPS) is 9.83. The third kappa shape index (κ3) is 2.64. The van der Waals surface area contributed by atoms with Gasteiger partial charge in [-0.05, 0) is 37.3 Å². The van der Waals surface area contributed by atoms with Crippen LogP contribution in [0.5, 0.6) is 5.75 Å². The third-order valence-corrected chi connectivity index (χ3v) is 2.52. The highest BCUT2D eigenvalue weighted by atomic mass is 16.5. The summed E-state index contributed by atoms with van der Waals surface area (Å²) < 4.78 is 5.12. The van der Waals surface area contributed by atoms with Crippen LogP contribution in [0, 0.1) is 18.3 Å². The van der Waals surface area contributed by atoms with Crippen LogP contribution in [-0.2, 0) is 6.42 Å². The van der Waals surface area contributed by atoms with Crippen molar-refractivity contribution in [1.29, 1.82) is 5.26 Å². The van der Waals surface area contributed by atoms with Crippen molar-refractivity contribution in [3.63, 3.8) is 0 Å². The topological polar surface area (TPSA) is 58.8 Å². The molecular formula is C14H13N3O. The third-order valence-electron chi connectivity index (χ3n) is 2.52. The minimum atomic E-state index is 0.227. The molecule has 0 aliphatic carbocycles. The Balaban J connectivity index is 2.40. The van der Waals surface area contributed by atoms with Crippen LogP contribution in [0.15, 0.2) is 30.3 Å². The summed E-state index contributed by atoms with van der Waals surface area (Å²) in [4.78, 5) is 8.60. The minimum absolute atomic E-state index is 0.227. The maximum absolute atomic E-state index is 8.69. The van der Waals surface area contributed by atoms with Crippen LogP contribution in [-0.4, -0.2) is 17.1 Å². The second kappa shape index (κ2) is 5.28. The lowest BCUT2D eigenvalue weighted by atomic mass is 10.1. The highest BCUT2D eigenvalue weighted by Crippen LogP contribution is 2.21. The standard InChI is InChI=1S/C14H13N3O/c1-10-9-13(17-14(16-10)7-8-15)11-3-5-12(18-2)6-4-11/h3-6,9H,7H2,1-2H3. The average molecular weight is 239 g/mol. The predicted octanol–water partition coefficient (Wildman–Crippen LogP) is 2.53. The van der Waals surface area contributed by atoms with Gasteiger partial charge in [-0.3, -0.25) is 0 Å². The monoisotopic (exact) mass is 239 g/mol. The summed E-state index contributed by atoms with van der Waals surface area (Å²) in [7, 11) is 1.63. The van der Waals surface area contributed by atoms with Crippen molar-refractivity contribution in [3.05, 3.63) is 41.9 Å². The van der Waals surface area contributed by atoms with Crippen molar-refractivity contribution in [1.82, 2.24) is 9.97 Å². The molecule has 0 amide bonds. The molecule has 4 nitrogen and oxygen atoms in total. The molecule has 0 unspecified atom stereocenters. The summed E-state index contributed by atoms with van der Waals surface area (Å²) in [5.41, 5.74) is 2.68. The van der Waals surface area contributed by atoms with E-state index in [4.69, 9.17) is 10.00 Å². The van der Waals surface area contributed by atoms with Crippen LogP contribution in [0.2, 0.25) is 0 Å². The van der Waals surface area contributed by atoms with Crippen molar-refractivity contribution in [2.45, 2.75) is 13.3 Å². The number of hydrogen-bond donors (Lipinski definition) is 0. The Kier molecular flexibility index (Phi) is 3.54. The van der Waals surface area contributed by atoms with E-state index in [-0.39, 0.29) is 6.42 Å². The van der Waals surface area contributed by atoms with E-state index in [2.05, 4.69) is 16.0 Å². The maximum atomic E-state index is 8.69. The number of methoxy groups -OCH3 is 1. The number of aryl methyl sites for hydroxylation is 1. The largest absolute Gasteiger partial charge is 0.497 e. The molecule has 1 heterocycles. The van der Waals surface area contributed by atoms with Crippen LogP contribution >= 0.6 is 0 Å². The number of nitrogens with zero attached hydrogens (tertiary/aromatic N) is 3. The zero-order valence-electron chi connectivity index (χ0n) is 10.3. The molecule has 18 heavy (non-hydrogen) atoms. The van der Waals surface area contributed by atoms with E-state index in [1.54, 1.807) is 7.11 Å². The van der Waals surface area contributed by atoms with Gasteiger partial charge in [-0.2, -0.15) is 5.26 Å². The van der Waals surface area contributed by atoms with Gasteiger partial charge in [0.05, 0.1) is 25.3 Å². The first kappa shape index (κ1) is 12.1. The van der Waals surface area contributed by atoms with Gasteiger partial charge in [-0.1, -0.05) is 0 Å². The molecule has 2 rings (SSSR count). The zero-order chi connectivity index (χ0) is 13.0. The number of hydrogen-bond acceptors (Lipinski definition) is 4. The van der Waals surface area contributed by atoms with Crippen molar-refractivity contribution < 1.29 is 4.74 Å². The lowest BCUT2D eigenvalue weighted by molar-refractivity contribution is 0.415. The summed E-state index contributed by atoms with van der Waals surface area (Å²) in [6.07, 6.45) is 0.227. The Hall–Kier alpha value is -2.41. The molecule has 0 spiro atoms. The first-order valence-electron chi connectivity index (χ1n) is 5.59. The van der Waals surface area contributed by atoms with E-state index in [9.17, 15) is 0 Å². The van der Waals surface area contributed by atoms with Gasteiger partial charge < -0.3 is 4.74 Å². The summed E-state index contributed by atoms with van der Waals surface area (Å²) in [6, 6.07) is 11.6. The van der Waals surface area contributed by atoms with E-state index in [0.717, 1.165) is 22.7 Å². The second-order valence-electron chi connectivity index (χ2n) is 3.87. The fourth-order valence-corrected chi connectivity index (χ4v) is 1.69. The predicted molar refractivity (Wildman–Crippen MR) is 68.1 cm³/mol. The smallest absolute Gasteiger partial charge is 0.143 e. The number of rotatable bonds is 3. The molecule has 0 radical (unpaired) electrons. The van der Waals surface area contributed by atoms with Crippen molar-refractivity contribution in [2.75, 3.05) is 7.11 Å². The van der Waals surface area contributed by atoms with Gasteiger partial charge in [-0.15, -0.1) is 0 Å². The van der Waals surface area contributed by atoms with E-state index in [1.165, 1.54) is 0 Å². The summed E-state index contributed by atoms with van der Waals surface area (Å²) in [6.45, 7) is 1.90. The Morgan fingerprint density at radius 1 is 1.22 bits per heavy atom. The van der Waals surface area contributed by atoms with Gasteiger partial charge in [0.2, 0.25) is 0 Å². The van der Waals surface area contributed by atoms with E-state index < -0.39 is 0 Å². The lowest BCUT2D eigenvalue weighted by Gasteiger charge is -2.05. The van der Waals surface area contributed by atoms with Crippen LogP contribution in [0.4, 0.5) is 0 Å². The number of ether oxygens (including phenoxy) is 1. The van der Waals surface area contributed by atoms with Gasteiger partial charge in [-0.25, -0.2) is 9.97 Å². The molecule has 0 atom stereocenters.